The molecule has 1 aromatic carbocycles. The van der Waals surface area contributed by atoms with Gasteiger partial charge in [-0.3, -0.25) is 4.79 Å². The van der Waals surface area contributed by atoms with Gasteiger partial charge in [-0.15, -0.1) is 11.3 Å². The number of aryl methyl sites for hydroxylation is 3. The zero-order chi connectivity index (χ0) is 15.7. The van der Waals surface area contributed by atoms with Gasteiger partial charge in [0, 0.05) is 11.4 Å². The number of nitrogens with zero attached hydrogens (tertiary/aromatic N) is 2. The van der Waals surface area contributed by atoms with Crippen LogP contribution in [-0.2, 0) is 17.8 Å². The Morgan fingerprint density at radius 3 is 2.73 bits per heavy atom. The fourth-order valence-corrected chi connectivity index (χ4v) is 4.31. The first-order chi connectivity index (χ1) is 10.6. The molecule has 0 aliphatic heterocycles. The smallest absolute Gasteiger partial charge is 0.253 e. The molecule has 2 heterocycles. The molecule has 0 saturated carbocycles. The normalized spacial score (nSPS) is 12.2. The van der Waals surface area contributed by atoms with Crippen LogP contribution in [0.2, 0.25) is 0 Å². The maximum Gasteiger partial charge on any atom is 0.253 e. The third-order valence-corrected chi connectivity index (χ3v) is 5.66. The number of carbonyl (C=O) groups excluding carboxylic acids is 1. The van der Waals surface area contributed by atoms with Crippen molar-refractivity contribution in [3.05, 3.63) is 50.5 Å². The molecule has 114 valence electrons. The van der Waals surface area contributed by atoms with Crippen LogP contribution in [0.5, 0.6) is 0 Å². The molecule has 5 heteroatoms. The average Bonchev–Trinajstić information content (AvgIpc) is 3.07. The molecule has 0 atom stereocenters. The Balaban J connectivity index is 2.06. The molecule has 0 N–H and O–H groups in total. The predicted molar refractivity (Wildman–Crippen MR) is 93.6 cm³/mol. The van der Waals surface area contributed by atoms with E-state index in [4.69, 9.17) is 0 Å². The summed E-state index contributed by atoms with van der Waals surface area (Å²) in [6.45, 7) is 7.13. The first kappa shape index (κ1) is 15.2. The van der Waals surface area contributed by atoms with E-state index in [2.05, 4.69) is 42.5 Å². The van der Waals surface area contributed by atoms with E-state index < -0.39 is 0 Å². The van der Waals surface area contributed by atoms with E-state index in [0.717, 1.165) is 16.2 Å². The van der Waals surface area contributed by atoms with Crippen molar-refractivity contribution in [2.75, 3.05) is 0 Å². The van der Waals surface area contributed by atoms with Crippen molar-refractivity contribution in [2.45, 2.75) is 33.7 Å². The van der Waals surface area contributed by atoms with Crippen LogP contribution in [0, 0.1) is 13.8 Å². The number of amides is 1. The lowest BCUT2D eigenvalue weighted by atomic mass is 10.1. The van der Waals surface area contributed by atoms with Gasteiger partial charge in [-0.1, -0.05) is 17.4 Å². The zero-order valence-corrected chi connectivity index (χ0v) is 14.6. The fourth-order valence-electron chi connectivity index (χ4n) is 2.42. The Hall–Kier alpha value is -1.72. The summed E-state index contributed by atoms with van der Waals surface area (Å²) in [4.78, 5) is 18.4. The molecular formula is C17H18N2OS2. The number of carbonyl (C=O) groups is 1. The maximum absolute atomic E-state index is 12.2. The number of hydrogen-bond donors (Lipinski definition) is 0. The largest absolute Gasteiger partial charge is 0.317 e. The minimum absolute atomic E-state index is 0.0790. The van der Waals surface area contributed by atoms with Crippen molar-refractivity contribution in [3.8, 4) is 0 Å². The zero-order valence-electron chi connectivity index (χ0n) is 12.9. The van der Waals surface area contributed by atoms with Gasteiger partial charge in [-0.25, -0.2) is 0 Å². The second-order valence-corrected chi connectivity index (χ2v) is 7.34. The Morgan fingerprint density at radius 2 is 2.05 bits per heavy atom. The Bertz CT molecular complexity index is 885. The minimum Gasteiger partial charge on any atom is -0.317 e. The number of fused-ring (bicyclic) bond motifs is 1. The molecule has 0 aliphatic rings. The van der Waals surface area contributed by atoms with Crippen LogP contribution in [0.3, 0.4) is 0 Å². The van der Waals surface area contributed by atoms with Crippen molar-refractivity contribution >= 4 is 38.8 Å². The monoisotopic (exact) mass is 330 g/mol. The number of thiazole rings is 1. The summed E-state index contributed by atoms with van der Waals surface area (Å²) in [6.07, 6.45) is 0.383. The van der Waals surface area contributed by atoms with Crippen molar-refractivity contribution in [1.29, 1.82) is 0 Å². The standard InChI is InChI=1S/C17H18N2OS2/c1-4-19-14-8-11(2)12(3)9-15(14)22-17(19)18-16(20)10-13-6-5-7-21-13/h5-9H,4,10H2,1-3H3. The van der Waals surface area contributed by atoms with Crippen LogP contribution in [0.15, 0.2) is 34.6 Å². The molecule has 3 rings (SSSR count). The van der Waals surface area contributed by atoms with Gasteiger partial charge < -0.3 is 4.57 Å². The minimum atomic E-state index is -0.0790. The van der Waals surface area contributed by atoms with E-state index in [1.54, 1.807) is 22.7 Å². The van der Waals surface area contributed by atoms with Crippen LogP contribution >= 0.6 is 22.7 Å². The van der Waals surface area contributed by atoms with Crippen LogP contribution in [0.4, 0.5) is 0 Å². The lowest BCUT2D eigenvalue weighted by molar-refractivity contribution is -0.117. The van der Waals surface area contributed by atoms with Gasteiger partial charge in [-0.05, 0) is 55.5 Å². The lowest BCUT2D eigenvalue weighted by Crippen LogP contribution is -2.16. The van der Waals surface area contributed by atoms with Crippen molar-refractivity contribution in [2.24, 2.45) is 4.99 Å². The van der Waals surface area contributed by atoms with Crippen molar-refractivity contribution < 1.29 is 4.79 Å². The lowest BCUT2D eigenvalue weighted by Gasteiger charge is -2.03. The van der Waals surface area contributed by atoms with Crippen LogP contribution in [0.25, 0.3) is 10.2 Å². The van der Waals surface area contributed by atoms with Gasteiger partial charge in [0.05, 0.1) is 16.6 Å². The molecule has 1 amide bonds. The maximum atomic E-state index is 12.2. The molecular weight excluding hydrogens is 312 g/mol. The molecule has 3 nitrogen and oxygen atoms in total. The SMILES string of the molecule is CCn1c(=NC(=O)Cc2cccs2)sc2cc(C)c(C)cc21. The summed E-state index contributed by atoms with van der Waals surface area (Å²) in [5.74, 6) is -0.0790. The molecule has 0 spiro atoms. The topological polar surface area (TPSA) is 34.4 Å². The highest BCUT2D eigenvalue weighted by atomic mass is 32.1. The van der Waals surface area contributed by atoms with Gasteiger partial charge in [0.25, 0.3) is 5.91 Å². The van der Waals surface area contributed by atoms with E-state index >= 15 is 0 Å². The van der Waals surface area contributed by atoms with E-state index in [9.17, 15) is 4.79 Å². The summed E-state index contributed by atoms with van der Waals surface area (Å²) in [7, 11) is 0. The summed E-state index contributed by atoms with van der Waals surface area (Å²) >= 11 is 3.19. The number of thiophene rings is 1. The molecule has 0 radical (unpaired) electrons. The molecule has 22 heavy (non-hydrogen) atoms. The summed E-state index contributed by atoms with van der Waals surface area (Å²) in [5, 5.41) is 1.99. The second kappa shape index (κ2) is 6.18. The number of hydrogen-bond acceptors (Lipinski definition) is 3. The van der Waals surface area contributed by atoms with Crippen molar-refractivity contribution in [3.63, 3.8) is 0 Å². The third-order valence-electron chi connectivity index (χ3n) is 3.74. The predicted octanol–water partition coefficient (Wildman–Crippen LogP) is 4.07. The Labute approximate surface area is 137 Å². The van der Waals surface area contributed by atoms with Gasteiger partial charge in [-0.2, -0.15) is 4.99 Å². The van der Waals surface area contributed by atoms with Crippen LogP contribution < -0.4 is 4.80 Å². The molecule has 0 bridgehead atoms. The molecule has 0 aliphatic carbocycles. The number of rotatable bonds is 3. The highest BCUT2D eigenvalue weighted by Crippen LogP contribution is 2.22. The molecule has 0 fully saturated rings. The first-order valence-electron chi connectivity index (χ1n) is 7.29. The van der Waals surface area contributed by atoms with Gasteiger partial charge in [0.15, 0.2) is 4.80 Å². The van der Waals surface area contributed by atoms with E-state index in [1.165, 1.54) is 21.3 Å². The Kier molecular flexibility index (Phi) is 4.27. The average molecular weight is 330 g/mol. The van der Waals surface area contributed by atoms with Crippen LogP contribution in [0.1, 0.15) is 22.9 Å². The van der Waals surface area contributed by atoms with E-state index in [-0.39, 0.29) is 5.91 Å². The van der Waals surface area contributed by atoms with E-state index in [1.807, 2.05) is 17.5 Å². The quantitative estimate of drug-likeness (QED) is 0.713. The van der Waals surface area contributed by atoms with Crippen LogP contribution in [-0.4, -0.2) is 10.5 Å². The van der Waals surface area contributed by atoms with E-state index in [0.29, 0.717) is 6.42 Å². The number of benzene rings is 1. The number of aromatic nitrogens is 1. The second-order valence-electron chi connectivity index (χ2n) is 5.29. The highest BCUT2D eigenvalue weighted by Gasteiger charge is 2.09. The summed E-state index contributed by atoms with van der Waals surface area (Å²) < 4.78 is 3.31. The van der Waals surface area contributed by atoms with Gasteiger partial charge in [0.1, 0.15) is 0 Å². The van der Waals surface area contributed by atoms with Crippen molar-refractivity contribution in [1.82, 2.24) is 4.57 Å². The summed E-state index contributed by atoms with van der Waals surface area (Å²) in [5.41, 5.74) is 3.70. The highest BCUT2D eigenvalue weighted by molar-refractivity contribution is 7.16. The fraction of sp³-hybridized carbons (Fsp3) is 0.294. The first-order valence-corrected chi connectivity index (χ1v) is 8.98. The van der Waals surface area contributed by atoms with Gasteiger partial charge in [0.2, 0.25) is 0 Å². The third kappa shape index (κ3) is 2.91. The molecule has 0 unspecified atom stereocenters. The molecule has 2 aromatic heterocycles. The summed E-state index contributed by atoms with van der Waals surface area (Å²) in [6, 6.07) is 8.31. The Morgan fingerprint density at radius 1 is 1.27 bits per heavy atom. The molecule has 3 aromatic rings. The molecule has 0 saturated heterocycles. The van der Waals surface area contributed by atoms with Gasteiger partial charge >= 0.3 is 0 Å².